The summed E-state index contributed by atoms with van der Waals surface area (Å²) in [5.74, 6) is 1.12. The van der Waals surface area contributed by atoms with Crippen LogP contribution >= 0.6 is 0 Å². The van der Waals surface area contributed by atoms with Crippen LogP contribution in [0.2, 0.25) is 0 Å². The van der Waals surface area contributed by atoms with Crippen molar-refractivity contribution in [2.75, 3.05) is 13.7 Å². The summed E-state index contributed by atoms with van der Waals surface area (Å²) in [6.07, 6.45) is 4.81. The molecule has 5 heteroatoms. The summed E-state index contributed by atoms with van der Waals surface area (Å²) >= 11 is 0. The Hall–Kier alpha value is -2.37. The van der Waals surface area contributed by atoms with E-state index in [-0.39, 0.29) is 17.9 Å². The minimum atomic E-state index is -1.11. The standard InChI is InChI=1S/C24H28FNO3/c1-3-13-29-23-17(7-6-10-22(23)28-2)16-26-18-11-12-19(26)15-24(27,14-18)20-8-4-5-9-21(20)25/h3-10,18-19,27H,1,11-16H2,2H3/t18-,19+,24?. The zero-order valence-electron chi connectivity index (χ0n) is 16.8. The highest BCUT2D eigenvalue weighted by Crippen LogP contribution is 2.47. The van der Waals surface area contributed by atoms with Crippen LogP contribution in [-0.4, -0.2) is 35.8 Å². The molecule has 1 N–H and O–H groups in total. The van der Waals surface area contributed by atoms with Crippen molar-refractivity contribution in [3.8, 4) is 11.5 Å². The van der Waals surface area contributed by atoms with Crippen LogP contribution in [0.5, 0.6) is 11.5 Å². The molecule has 0 aliphatic carbocycles. The summed E-state index contributed by atoms with van der Waals surface area (Å²) in [6.45, 7) is 4.85. The van der Waals surface area contributed by atoms with Gasteiger partial charge in [0.15, 0.2) is 11.5 Å². The van der Waals surface area contributed by atoms with Gasteiger partial charge in [-0.15, -0.1) is 0 Å². The number of para-hydroxylation sites is 1. The molecule has 154 valence electrons. The Labute approximate surface area is 171 Å². The Morgan fingerprint density at radius 3 is 2.55 bits per heavy atom. The summed E-state index contributed by atoms with van der Waals surface area (Å²) in [5.41, 5.74) is 0.372. The zero-order chi connectivity index (χ0) is 20.4. The fraction of sp³-hybridized carbons (Fsp3) is 0.417. The van der Waals surface area contributed by atoms with E-state index >= 15 is 0 Å². The summed E-state index contributed by atoms with van der Waals surface area (Å²) in [6, 6.07) is 12.9. The number of benzene rings is 2. The van der Waals surface area contributed by atoms with E-state index in [4.69, 9.17) is 9.47 Å². The Balaban J connectivity index is 1.57. The van der Waals surface area contributed by atoms with Crippen molar-refractivity contribution in [1.82, 2.24) is 4.90 Å². The lowest BCUT2D eigenvalue weighted by atomic mass is 9.80. The van der Waals surface area contributed by atoms with E-state index in [2.05, 4.69) is 17.5 Å². The SMILES string of the molecule is C=CCOc1c(CN2[C@@H]3CC[C@H]2CC(O)(c2ccccc2F)C3)cccc1OC. The van der Waals surface area contributed by atoms with Crippen molar-refractivity contribution in [3.05, 3.63) is 72.1 Å². The van der Waals surface area contributed by atoms with Gasteiger partial charge >= 0.3 is 0 Å². The number of hydrogen-bond donors (Lipinski definition) is 1. The molecule has 4 nitrogen and oxygen atoms in total. The van der Waals surface area contributed by atoms with Crippen LogP contribution in [0, 0.1) is 5.82 Å². The molecule has 2 aliphatic heterocycles. The van der Waals surface area contributed by atoms with Crippen LogP contribution in [-0.2, 0) is 12.1 Å². The number of halogens is 1. The van der Waals surface area contributed by atoms with Crippen molar-refractivity contribution in [2.24, 2.45) is 0 Å². The molecule has 29 heavy (non-hydrogen) atoms. The van der Waals surface area contributed by atoms with Gasteiger partial charge in [-0.25, -0.2) is 4.39 Å². The van der Waals surface area contributed by atoms with Crippen molar-refractivity contribution >= 4 is 0 Å². The molecule has 3 atom stereocenters. The fourth-order valence-electron chi connectivity index (χ4n) is 4.98. The van der Waals surface area contributed by atoms with Gasteiger partial charge in [-0.05, 0) is 37.8 Å². The highest BCUT2D eigenvalue weighted by molar-refractivity contribution is 5.47. The van der Waals surface area contributed by atoms with E-state index in [1.54, 1.807) is 31.4 Å². The van der Waals surface area contributed by atoms with Gasteiger partial charge in [-0.1, -0.05) is 43.0 Å². The third-order valence-electron chi connectivity index (χ3n) is 6.27. The predicted octanol–water partition coefficient (Wildman–Crippen LogP) is 4.41. The van der Waals surface area contributed by atoms with Gasteiger partial charge in [0.2, 0.25) is 0 Å². The van der Waals surface area contributed by atoms with Crippen molar-refractivity contribution in [2.45, 2.75) is 49.9 Å². The molecule has 2 fully saturated rings. The molecule has 0 aromatic heterocycles. The molecule has 0 radical (unpaired) electrons. The minimum absolute atomic E-state index is 0.205. The average molecular weight is 397 g/mol. The molecular formula is C24H28FNO3. The van der Waals surface area contributed by atoms with E-state index < -0.39 is 5.60 Å². The average Bonchev–Trinajstić information content (AvgIpc) is 2.96. The number of rotatable bonds is 7. The van der Waals surface area contributed by atoms with Crippen LogP contribution < -0.4 is 9.47 Å². The maximum Gasteiger partial charge on any atom is 0.166 e. The van der Waals surface area contributed by atoms with Crippen molar-refractivity contribution < 1.29 is 19.0 Å². The van der Waals surface area contributed by atoms with Crippen LogP contribution in [0.4, 0.5) is 4.39 Å². The van der Waals surface area contributed by atoms with E-state index in [1.165, 1.54) is 6.07 Å². The maximum atomic E-state index is 14.4. The van der Waals surface area contributed by atoms with Gasteiger partial charge in [-0.3, -0.25) is 4.90 Å². The molecule has 4 rings (SSSR count). The smallest absolute Gasteiger partial charge is 0.166 e. The van der Waals surface area contributed by atoms with Gasteiger partial charge in [0.1, 0.15) is 12.4 Å². The zero-order valence-corrected chi connectivity index (χ0v) is 16.8. The quantitative estimate of drug-likeness (QED) is 0.703. The van der Waals surface area contributed by atoms with Gasteiger partial charge < -0.3 is 14.6 Å². The number of piperidine rings is 1. The second-order valence-corrected chi connectivity index (χ2v) is 8.03. The van der Waals surface area contributed by atoms with Gasteiger partial charge in [0, 0.05) is 29.8 Å². The molecular weight excluding hydrogens is 369 g/mol. The third-order valence-corrected chi connectivity index (χ3v) is 6.27. The van der Waals surface area contributed by atoms with Crippen molar-refractivity contribution in [1.29, 1.82) is 0 Å². The van der Waals surface area contributed by atoms with Crippen LogP contribution in [0.1, 0.15) is 36.8 Å². The number of fused-ring (bicyclic) bond motifs is 2. The van der Waals surface area contributed by atoms with Gasteiger partial charge in [-0.2, -0.15) is 0 Å². The van der Waals surface area contributed by atoms with Gasteiger partial charge in [0.05, 0.1) is 12.7 Å². The monoisotopic (exact) mass is 397 g/mol. The minimum Gasteiger partial charge on any atom is -0.493 e. The van der Waals surface area contributed by atoms with Crippen LogP contribution in [0.15, 0.2) is 55.1 Å². The second kappa shape index (κ2) is 8.17. The predicted molar refractivity (Wildman–Crippen MR) is 111 cm³/mol. The third kappa shape index (κ3) is 3.77. The Bertz CT molecular complexity index is 870. The van der Waals surface area contributed by atoms with E-state index in [1.807, 2.05) is 12.1 Å². The fourth-order valence-corrected chi connectivity index (χ4v) is 4.98. The number of nitrogens with zero attached hydrogens (tertiary/aromatic N) is 1. The molecule has 2 saturated heterocycles. The summed E-state index contributed by atoms with van der Waals surface area (Å²) in [7, 11) is 1.64. The highest BCUT2D eigenvalue weighted by atomic mass is 19.1. The van der Waals surface area contributed by atoms with Crippen molar-refractivity contribution in [3.63, 3.8) is 0 Å². The first-order valence-electron chi connectivity index (χ1n) is 10.2. The van der Waals surface area contributed by atoms with Gasteiger partial charge in [0.25, 0.3) is 0 Å². The normalized spacial score (nSPS) is 26.3. The molecule has 2 heterocycles. The van der Waals surface area contributed by atoms with E-state index in [0.29, 0.717) is 37.3 Å². The molecule has 2 aromatic rings. The molecule has 2 aromatic carbocycles. The topological polar surface area (TPSA) is 41.9 Å². The first-order chi connectivity index (χ1) is 14.1. The lowest BCUT2D eigenvalue weighted by Crippen LogP contribution is -2.49. The molecule has 0 amide bonds. The first kappa shape index (κ1) is 19.9. The Morgan fingerprint density at radius 2 is 1.90 bits per heavy atom. The number of ether oxygens (including phenoxy) is 2. The number of aliphatic hydroxyl groups is 1. The molecule has 2 aliphatic rings. The first-order valence-corrected chi connectivity index (χ1v) is 10.2. The Kier molecular flexibility index (Phi) is 5.61. The molecule has 0 spiro atoms. The largest absolute Gasteiger partial charge is 0.493 e. The lowest BCUT2D eigenvalue weighted by Gasteiger charge is -2.44. The van der Waals surface area contributed by atoms with Crippen LogP contribution in [0.25, 0.3) is 0 Å². The summed E-state index contributed by atoms with van der Waals surface area (Å²) in [4.78, 5) is 2.44. The molecule has 0 saturated carbocycles. The van der Waals surface area contributed by atoms with E-state index in [9.17, 15) is 9.50 Å². The van der Waals surface area contributed by atoms with E-state index in [0.717, 1.165) is 24.2 Å². The summed E-state index contributed by atoms with van der Waals surface area (Å²) < 4.78 is 25.8. The molecule has 1 unspecified atom stereocenters. The molecule has 2 bridgehead atoms. The number of methoxy groups -OCH3 is 1. The number of hydrogen-bond acceptors (Lipinski definition) is 4. The lowest BCUT2D eigenvalue weighted by molar-refractivity contribution is -0.0617. The Morgan fingerprint density at radius 1 is 1.17 bits per heavy atom. The van der Waals surface area contributed by atoms with Crippen LogP contribution in [0.3, 0.4) is 0 Å². The highest BCUT2D eigenvalue weighted by Gasteiger charge is 2.49. The second-order valence-electron chi connectivity index (χ2n) is 8.03. The summed E-state index contributed by atoms with van der Waals surface area (Å²) in [5, 5.41) is 11.3. The maximum absolute atomic E-state index is 14.4.